The monoisotopic (exact) mass is 486 g/mol. The lowest BCUT2D eigenvalue weighted by molar-refractivity contribution is -0.160. The van der Waals surface area contributed by atoms with E-state index >= 15 is 0 Å². The number of carbonyl (C=O) groups is 4. The Morgan fingerprint density at radius 1 is 1.14 bits per heavy atom. The Balaban J connectivity index is 1.80. The van der Waals surface area contributed by atoms with E-state index in [1.165, 1.54) is 14.8 Å². The average molecular weight is 487 g/mol. The lowest BCUT2D eigenvalue weighted by atomic mass is 10.00. The molecule has 2 aliphatic heterocycles. The van der Waals surface area contributed by atoms with Gasteiger partial charge in [-0.3, -0.25) is 19.2 Å². The molecule has 1 aromatic carbocycles. The number of fused-ring (bicyclic) bond motifs is 1. The van der Waals surface area contributed by atoms with Gasteiger partial charge in [-0.1, -0.05) is 37.3 Å². The summed E-state index contributed by atoms with van der Waals surface area (Å²) in [7, 11) is 0. The number of piperazine rings is 1. The Hall–Kier alpha value is -3.63. The molecule has 5 N–H and O–H groups in total. The van der Waals surface area contributed by atoms with Gasteiger partial charge in [0.05, 0.1) is 6.04 Å². The molecule has 0 bridgehead atoms. The molecule has 3 unspecified atom stereocenters. The van der Waals surface area contributed by atoms with Crippen LogP contribution < -0.4 is 11.5 Å². The highest BCUT2D eigenvalue weighted by molar-refractivity contribution is 5.94. The predicted octanol–water partition coefficient (Wildman–Crippen LogP) is 0.481. The van der Waals surface area contributed by atoms with Crippen molar-refractivity contribution in [3.8, 4) is 0 Å². The van der Waals surface area contributed by atoms with E-state index in [2.05, 4.69) is 5.10 Å². The summed E-state index contributed by atoms with van der Waals surface area (Å²) in [5.74, 6) is -2.27. The van der Waals surface area contributed by atoms with E-state index in [9.17, 15) is 24.3 Å². The highest BCUT2D eigenvalue weighted by Crippen LogP contribution is 2.33. The summed E-state index contributed by atoms with van der Waals surface area (Å²) in [6, 6.07) is 7.57. The summed E-state index contributed by atoms with van der Waals surface area (Å²) < 4.78 is 0. The second kappa shape index (κ2) is 11.7. The smallest absolute Gasteiger partial charge is 0.303 e. The molecule has 2 saturated heterocycles. The molecule has 35 heavy (non-hydrogen) atoms. The lowest BCUT2D eigenvalue weighted by Gasteiger charge is -2.44. The molecule has 1 aromatic rings. The number of benzene rings is 1. The molecular formula is C24H34N6O5. The van der Waals surface area contributed by atoms with Gasteiger partial charge in [0.2, 0.25) is 17.8 Å². The fourth-order valence-electron chi connectivity index (χ4n) is 4.89. The van der Waals surface area contributed by atoms with E-state index in [-0.39, 0.29) is 49.6 Å². The fourth-order valence-corrected chi connectivity index (χ4v) is 4.89. The van der Waals surface area contributed by atoms with Crippen LogP contribution in [0.2, 0.25) is 0 Å². The van der Waals surface area contributed by atoms with E-state index in [0.29, 0.717) is 32.2 Å². The zero-order valence-corrected chi connectivity index (χ0v) is 20.0. The van der Waals surface area contributed by atoms with E-state index in [0.717, 1.165) is 5.56 Å². The minimum atomic E-state index is -1.05. The first-order valence-corrected chi connectivity index (χ1v) is 12.0. The molecule has 2 heterocycles. The van der Waals surface area contributed by atoms with Gasteiger partial charge in [0, 0.05) is 25.9 Å². The van der Waals surface area contributed by atoms with Crippen LogP contribution in [0, 0.1) is 0 Å². The Bertz CT molecular complexity index is 964. The quantitative estimate of drug-likeness (QED) is 0.246. The van der Waals surface area contributed by atoms with Gasteiger partial charge in [-0.25, -0.2) is 5.01 Å². The number of carboxylic acid groups (broad SMARTS) is 1. The third kappa shape index (κ3) is 6.28. The van der Waals surface area contributed by atoms with Crippen molar-refractivity contribution in [2.45, 2.75) is 70.0 Å². The zero-order chi connectivity index (χ0) is 25.5. The fraction of sp³-hybridized carbons (Fsp3) is 0.542. The van der Waals surface area contributed by atoms with Gasteiger partial charge >= 0.3 is 5.97 Å². The van der Waals surface area contributed by atoms with Crippen LogP contribution >= 0.6 is 0 Å². The first-order valence-electron chi connectivity index (χ1n) is 12.0. The molecule has 0 aromatic heterocycles. The number of rotatable bonds is 10. The number of nitrogens with zero attached hydrogens (tertiary/aromatic N) is 4. The second-order valence-corrected chi connectivity index (χ2v) is 8.96. The first-order chi connectivity index (χ1) is 16.7. The summed E-state index contributed by atoms with van der Waals surface area (Å²) in [4.78, 5) is 54.4. The molecule has 11 nitrogen and oxygen atoms in total. The molecule has 3 rings (SSSR count). The molecule has 0 spiro atoms. The summed E-state index contributed by atoms with van der Waals surface area (Å²) in [6.45, 7) is 2.45. The minimum absolute atomic E-state index is 0.0120. The second-order valence-electron chi connectivity index (χ2n) is 8.96. The van der Waals surface area contributed by atoms with Crippen molar-refractivity contribution in [2.24, 2.45) is 16.6 Å². The number of guanidine groups is 1. The standard InChI is InChI=1S/C24H34N6O5/c1-2-14-29(27-24(25)26)22(34)19-10-9-17-15-28(18(11-13-21(32)33)23(35)30(17)19)20(31)12-8-16-6-4-3-5-7-16/h3-7,17-19H,2,8-15H2,1H3,(H,32,33)(H4,25,26,27). The number of nitrogens with two attached hydrogens (primary N) is 2. The minimum Gasteiger partial charge on any atom is -0.481 e. The van der Waals surface area contributed by atoms with Crippen LogP contribution in [0.4, 0.5) is 0 Å². The summed E-state index contributed by atoms with van der Waals surface area (Å²) >= 11 is 0. The van der Waals surface area contributed by atoms with Gasteiger partial charge in [0.25, 0.3) is 5.91 Å². The van der Waals surface area contributed by atoms with Crippen LogP contribution in [-0.2, 0) is 25.6 Å². The lowest BCUT2D eigenvalue weighted by Crippen LogP contribution is -2.64. The van der Waals surface area contributed by atoms with Gasteiger partial charge in [-0.05, 0) is 37.7 Å². The van der Waals surface area contributed by atoms with Crippen molar-refractivity contribution < 1.29 is 24.3 Å². The van der Waals surface area contributed by atoms with Crippen LogP contribution in [0.15, 0.2) is 35.4 Å². The van der Waals surface area contributed by atoms with Crippen molar-refractivity contribution in [1.82, 2.24) is 14.8 Å². The van der Waals surface area contributed by atoms with Crippen LogP contribution in [-0.4, -0.2) is 80.8 Å². The summed E-state index contributed by atoms with van der Waals surface area (Å²) in [5.41, 5.74) is 12.0. The van der Waals surface area contributed by atoms with Crippen molar-refractivity contribution in [3.63, 3.8) is 0 Å². The number of hydrogen-bond donors (Lipinski definition) is 3. The molecule has 190 valence electrons. The summed E-state index contributed by atoms with van der Waals surface area (Å²) in [6.07, 6.45) is 2.07. The van der Waals surface area contributed by atoms with Gasteiger partial charge in [-0.15, -0.1) is 5.10 Å². The molecule has 0 aliphatic carbocycles. The highest BCUT2D eigenvalue weighted by Gasteiger charge is 2.50. The molecule has 3 amide bonds. The maximum Gasteiger partial charge on any atom is 0.303 e. The van der Waals surface area contributed by atoms with Crippen molar-refractivity contribution >= 4 is 29.7 Å². The van der Waals surface area contributed by atoms with E-state index in [1.807, 2.05) is 37.3 Å². The van der Waals surface area contributed by atoms with E-state index in [1.54, 1.807) is 0 Å². The van der Waals surface area contributed by atoms with Crippen molar-refractivity contribution in [3.05, 3.63) is 35.9 Å². The van der Waals surface area contributed by atoms with Crippen molar-refractivity contribution in [1.29, 1.82) is 0 Å². The third-order valence-corrected chi connectivity index (χ3v) is 6.46. The Morgan fingerprint density at radius 2 is 1.86 bits per heavy atom. The number of aliphatic carboxylic acids is 1. The number of carboxylic acids is 1. The predicted molar refractivity (Wildman–Crippen MR) is 129 cm³/mol. The normalized spacial score (nSPS) is 21.4. The van der Waals surface area contributed by atoms with E-state index < -0.39 is 24.0 Å². The van der Waals surface area contributed by atoms with Gasteiger partial charge in [0.1, 0.15) is 12.1 Å². The third-order valence-electron chi connectivity index (χ3n) is 6.46. The average Bonchev–Trinajstić information content (AvgIpc) is 3.25. The number of hydrogen-bond acceptors (Lipinski definition) is 5. The Labute approximate surface area is 204 Å². The number of amides is 3. The maximum atomic E-state index is 13.6. The largest absolute Gasteiger partial charge is 0.481 e. The molecule has 3 atom stereocenters. The van der Waals surface area contributed by atoms with Crippen LogP contribution in [0.5, 0.6) is 0 Å². The molecule has 2 fully saturated rings. The molecule has 11 heteroatoms. The number of carbonyl (C=O) groups excluding carboxylic acids is 3. The van der Waals surface area contributed by atoms with Crippen LogP contribution in [0.3, 0.4) is 0 Å². The maximum absolute atomic E-state index is 13.6. The van der Waals surface area contributed by atoms with E-state index in [4.69, 9.17) is 11.5 Å². The molecule has 0 saturated carbocycles. The Kier molecular flexibility index (Phi) is 8.67. The topological polar surface area (TPSA) is 163 Å². The molecule has 0 radical (unpaired) electrons. The van der Waals surface area contributed by atoms with Gasteiger partial charge in [-0.2, -0.15) is 0 Å². The molecular weight excluding hydrogens is 452 g/mol. The first kappa shape index (κ1) is 26.0. The van der Waals surface area contributed by atoms with Gasteiger partial charge < -0.3 is 26.4 Å². The Morgan fingerprint density at radius 3 is 2.49 bits per heavy atom. The van der Waals surface area contributed by atoms with Crippen molar-refractivity contribution in [2.75, 3.05) is 13.1 Å². The molecule has 2 aliphatic rings. The number of aryl methyl sites for hydroxylation is 1. The summed E-state index contributed by atoms with van der Waals surface area (Å²) in [5, 5.41) is 14.3. The highest BCUT2D eigenvalue weighted by atomic mass is 16.4. The van der Waals surface area contributed by atoms with Crippen LogP contribution in [0.25, 0.3) is 0 Å². The van der Waals surface area contributed by atoms with Gasteiger partial charge in [0.15, 0.2) is 0 Å². The number of hydrazone groups is 1. The van der Waals surface area contributed by atoms with Crippen LogP contribution in [0.1, 0.15) is 51.0 Å². The zero-order valence-electron chi connectivity index (χ0n) is 20.0. The SMILES string of the molecule is CCCN(N=C(N)N)C(=O)C1CCC2CN(C(=O)CCc3ccccc3)C(CCC(=O)O)C(=O)N21.